The van der Waals surface area contributed by atoms with Gasteiger partial charge in [0.15, 0.2) is 0 Å². The SMILES string of the molecule is CC[C@@H](O)c1ccc(Sc2ccccc2F)cc1. The van der Waals surface area contributed by atoms with Crippen molar-refractivity contribution in [2.75, 3.05) is 0 Å². The molecular formula is C15H15FOS. The number of rotatable bonds is 4. The van der Waals surface area contributed by atoms with E-state index < -0.39 is 6.10 Å². The normalized spacial score (nSPS) is 12.4. The van der Waals surface area contributed by atoms with E-state index in [2.05, 4.69) is 0 Å². The fraction of sp³-hybridized carbons (Fsp3) is 0.200. The molecule has 0 saturated carbocycles. The molecule has 0 fully saturated rings. The predicted octanol–water partition coefficient (Wildman–Crippen LogP) is 4.42. The molecule has 2 rings (SSSR count). The highest BCUT2D eigenvalue weighted by Crippen LogP contribution is 2.30. The lowest BCUT2D eigenvalue weighted by Gasteiger charge is -2.09. The quantitative estimate of drug-likeness (QED) is 0.880. The van der Waals surface area contributed by atoms with Crippen LogP contribution in [0.1, 0.15) is 25.0 Å². The lowest BCUT2D eigenvalue weighted by atomic mass is 10.1. The van der Waals surface area contributed by atoms with Gasteiger partial charge in [-0.2, -0.15) is 0 Å². The van der Waals surface area contributed by atoms with Crippen molar-refractivity contribution >= 4 is 11.8 Å². The first-order valence-electron chi connectivity index (χ1n) is 5.91. The van der Waals surface area contributed by atoms with Gasteiger partial charge < -0.3 is 5.11 Å². The summed E-state index contributed by atoms with van der Waals surface area (Å²) in [4.78, 5) is 1.58. The van der Waals surface area contributed by atoms with E-state index in [0.717, 1.165) is 10.5 Å². The summed E-state index contributed by atoms with van der Waals surface area (Å²) in [6.07, 6.45) is 0.275. The molecule has 2 aromatic rings. The van der Waals surface area contributed by atoms with Gasteiger partial charge in [-0.25, -0.2) is 4.39 Å². The summed E-state index contributed by atoms with van der Waals surface area (Å²) < 4.78 is 13.5. The molecule has 0 aromatic heterocycles. The van der Waals surface area contributed by atoms with Crippen LogP contribution in [0, 0.1) is 5.82 Å². The molecule has 0 amide bonds. The van der Waals surface area contributed by atoms with Crippen molar-refractivity contribution in [2.45, 2.75) is 29.2 Å². The van der Waals surface area contributed by atoms with Crippen molar-refractivity contribution in [2.24, 2.45) is 0 Å². The molecule has 0 aliphatic heterocycles. The van der Waals surface area contributed by atoms with Crippen molar-refractivity contribution in [1.29, 1.82) is 0 Å². The Bertz CT molecular complexity index is 510. The molecule has 1 N–H and O–H groups in total. The molecule has 1 nitrogen and oxygen atoms in total. The maximum absolute atomic E-state index is 13.5. The number of hydrogen-bond acceptors (Lipinski definition) is 2. The number of hydrogen-bond donors (Lipinski definition) is 1. The van der Waals surface area contributed by atoms with Crippen LogP contribution in [0.5, 0.6) is 0 Å². The Morgan fingerprint density at radius 2 is 1.78 bits per heavy atom. The summed E-state index contributed by atoms with van der Waals surface area (Å²) >= 11 is 1.39. The van der Waals surface area contributed by atoms with Crippen LogP contribution in [0.2, 0.25) is 0 Å². The summed E-state index contributed by atoms with van der Waals surface area (Å²) in [5.41, 5.74) is 0.899. The maximum Gasteiger partial charge on any atom is 0.137 e. The minimum absolute atomic E-state index is 0.208. The molecule has 0 unspecified atom stereocenters. The van der Waals surface area contributed by atoms with E-state index in [-0.39, 0.29) is 5.82 Å². The van der Waals surface area contributed by atoms with Crippen LogP contribution in [0.4, 0.5) is 4.39 Å². The second-order valence-corrected chi connectivity index (χ2v) is 5.14. The van der Waals surface area contributed by atoms with Crippen molar-refractivity contribution in [3.63, 3.8) is 0 Å². The molecular weight excluding hydrogens is 247 g/mol. The van der Waals surface area contributed by atoms with Crippen molar-refractivity contribution in [3.05, 3.63) is 59.9 Å². The number of aliphatic hydroxyl groups is 1. The van der Waals surface area contributed by atoms with Crippen LogP contribution in [0.3, 0.4) is 0 Å². The summed E-state index contributed by atoms with van der Waals surface area (Å²) in [7, 11) is 0. The Balaban J connectivity index is 2.14. The first-order valence-corrected chi connectivity index (χ1v) is 6.72. The first-order chi connectivity index (χ1) is 8.70. The number of benzene rings is 2. The van der Waals surface area contributed by atoms with E-state index in [9.17, 15) is 9.50 Å². The zero-order chi connectivity index (χ0) is 13.0. The average molecular weight is 262 g/mol. The molecule has 0 aliphatic rings. The zero-order valence-electron chi connectivity index (χ0n) is 10.1. The third-order valence-electron chi connectivity index (χ3n) is 2.72. The van der Waals surface area contributed by atoms with E-state index in [1.807, 2.05) is 37.3 Å². The fourth-order valence-corrected chi connectivity index (χ4v) is 2.49. The summed E-state index contributed by atoms with van der Waals surface area (Å²) in [6.45, 7) is 1.94. The van der Waals surface area contributed by atoms with Gasteiger partial charge >= 0.3 is 0 Å². The minimum Gasteiger partial charge on any atom is -0.388 e. The van der Waals surface area contributed by atoms with Crippen molar-refractivity contribution < 1.29 is 9.50 Å². The molecule has 0 heterocycles. The van der Waals surface area contributed by atoms with Gasteiger partial charge in [-0.1, -0.05) is 43.0 Å². The van der Waals surface area contributed by atoms with Gasteiger partial charge in [0.05, 0.1) is 6.10 Å². The van der Waals surface area contributed by atoms with E-state index in [0.29, 0.717) is 11.3 Å². The second kappa shape index (κ2) is 6.03. The van der Waals surface area contributed by atoms with Gasteiger partial charge in [-0.05, 0) is 36.2 Å². The first kappa shape index (κ1) is 13.1. The highest BCUT2D eigenvalue weighted by atomic mass is 32.2. The Labute approximate surface area is 111 Å². The molecule has 0 radical (unpaired) electrons. The van der Waals surface area contributed by atoms with Crippen LogP contribution in [0.15, 0.2) is 58.3 Å². The summed E-state index contributed by atoms with van der Waals surface area (Å²) in [5, 5.41) is 9.69. The summed E-state index contributed by atoms with van der Waals surface area (Å²) in [5.74, 6) is -0.208. The Morgan fingerprint density at radius 3 is 2.39 bits per heavy atom. The van der Waals surface area contributed by atoms with E-state index in [1.165, 1.54) is 17.8 Å². The molecule has 94 valence electrons. The highest BCUT2D eigenvalue weighted by Gasteiger charge is 2.06. The van der Waals surface area contributed by atoms with Crippen LogP contribution >= 0.6 is 11.8 Å². The van der Waals surface area contributed by atoms with Crippen LogP contribution in [-0.2, 0) is 0 Å². The largest absolute Gasteiger partial charge is 0.388 e. The molecule has 0 aliphatic carbocycles. The van der Waals surface area contributed by atoms with E-state index in [1.54, 1.807) is 12.1 Å². The van der Waals surface area contributed by atoms with Crippen LogP contribution in [-0.4, -0.2) is 5.11 Å². The Kier molecular flexibility index (Phi) is 4.39. The fourth-order valence-electron chi connectivity index (χ4n) is 1.65. The third kappa shape index (κ3) is 3.12. The standard InChI is InChI=1S/C15H15FOS/c1-2-14(17)11-7-9-12(10-8-11)18-15-6-4-3-5-13(15)16/h3-10,14,17H,2H2,1H3/t14-/m1/s1. The number of halogens is 1. The average Bonchev–Trinajstić information content (AvgIpc) is 2.41. The summed E-state index contributed by atoms with van der Waals surface area (Å²) in [6, 6.07) is 14.3. The highest BCUT2D eigenvalue weighted by molar-refractivity contribution is 7.99. The van der Waals surface area contributed by atoms with Crippen LogP contribution < -0.4 is 0 Å². The van der Waals surface area contributed by atoms with Gasteiger partial charge in [0, 0.05) is 9.79 Å². The van der Waals surface area contributed by atoms with Gasteiger partial charge in [-0.15, -0.1) is 0 Å². The smallest absolute Gasteiger partial charge is 0.137 e. The van der Waals surface area contributed by atoms with Gasteiger partial charge in [0.2, 0.25) is 0 Å². The van der Waals surface area contributed by atoms with Crippen molar-refractivity contribution in [1.82, 2.24) is 0 Å². The monoisotopic (exact) mass is 262 g/mol. The Morgan fingerprint density at radius 1 is 1.11 bits per heavy atom. The van der Waals surface area contributed by atoms with E-state index >= 15 is 0 Å². The molecule has 0 saturated heterocycles. The molecule has 1 atom stereocenters. The van der Waals surface area contributed by atoms with Crippen molar-refractivity contribution in [3.8, 4) is 0 Å². The number of aliphatic hydroxyl groups excluding tert-OH is 1. The molecule has 2 aromatic carbocycles. The van der Waals surface area contributed by atoms with E-state index in [4.69, 9.17) is 0 Å². The molecule has 0 bridgehead atoms. The zero-order valence-corrected chi connectivity index (χ0v) is 11.0. The predicted molar refractivity (Wildman–Crippen MR) is 72.2 cm³/mol. The third-order valence-corrected chi connectivity index (χ3v) is 3.77. The minimum atomic E-state index is -0.419. The van der Waals surface area contributed by atoms with Gasteiger partial charge in [0.25, 0.3) is 0 Å². The maximum atomic E-state index is 13.5. The topological polar surface area (TPSA) is 20.2 Å². The lowest BCUT2D eigenvalue weighted by Crippen LogP contribution is -1.94. The van der Waals surface area contributed by atoms with Gasteiger partial charge in [0.1, 0.15) is 5.82 Å². The second-order valence-electron chi connectivity index (χ2n) is 4.03. The molecule has 0 spiro atoms. The van der Waals surface area contributed by atoms with Gasteiger partial charge in [-0.3, -0.25) is 0 Å². The molecule has 18 heavy (non-hydrogen) atoms. The lowest BCUT2D eigenvalue weighted by molar-refractivity contribution is 0.173. The molecule has 3 heteroatoms. The Hall–Kier alpha value is -1.32. The van der Waals surface area contributed by atoms with Crippen LogP contribution in [0.25, 0.3) is 0 Å².